The lowest BCUT2D eigenvalue weighted by molar-refractivity contribution is 0.325. The van der Waals surface area contributed by atoms with Gasteiger partial charge >= 0.3 is 0 Å². The van der Waals surface area contributed by atoms with Crippen molar-refractivity contribution in [1.29, 1.82) is 0 Å². The Kier molecular flexibility index (Phi) is 6.15. The van der Waals surface area contributed by atoms with Crippen molar-refractivity contribution in [3.05, 3.63) is 40.4 Å². The topological polar surface area (TPSA) is 0 Å². The summed E-state index contributed by atoms with van der Waals surface area (Å²) in [6, 6.07) is 8.47. The Labute approximate surface area is 142 Å². The van der Waals surface area contributed by atoms with Gasteiger partial charge in [0.25, 0.3) is 0 Å². The average Bonchev–Trinajstić information content (AvgIpc) is 2.47. The van der Waals surface area contributed by atoms with E-state index in [0.29, 0.717) is 5.41 Å². The molecule has 0 spiro atoms. The zero-order valence-corrected chi connectivity index (χ0v) is 15.5. The third kappa shape index (κ3) is 4.88. The zero-order chi connectivity index (χ0) is 16.2. The molecule has 1 aromatic rings. The molecular formula is C21H31Cl. The van der Waals surface area contributed by atoms with E-state index in [0.717, 1.165) is 10.9 Å². The molecule has 0 amide bonds. The first-order chi connectivity index (χ1) is 10.4. The zero-order valence-electron chi connectivity index (χ0n) is 14.7. The van der Waals surface area contributed by atoms with E-state index >= 15 is 0 Å². The van der Waals surface area contributed by atoms with Crippen molar-refractivity contribution in [2.75, 3.05) is 0 Å². The summed E-state index contributed by atoms with van der Waals surface area (Å²) in [6.45, 7) is 9.51. The molecule has 0 N–H and O–H groups in total. The van der Waals surface area contributed by atoms with Gasteiger partial charge in [0.05, 0.1) is 0 Å². The van der Waals surface area contributed by atoms with Crippen LogP contribution in [0.5, 0.6) is 0 Å². The second-order valence-electron chi connectivity index (χ2n) is 7.88. The number of halogens is 1. The Balaban J connectivity index is 2.24. The first-order valence-electron chi connectivity index (χ1n) is 8.88. The largest absolute Gasteiger partial charge is 0.0843 e. The van der Waals surface area contributed by atoms with Crippen molar-refractivity contribution in [3.63, 3.8) is 0 Å². The maximum Gasteiger partial charge on any atom is 0.0406 e. The first kappa shape index (κ1) is 17.6. The van der Waals surface area contributed by atoms with Gasteiger partial charge in [-0.25, -0.2) is 0 Å². The average molecular weight is 319 g/mol. The first-order valence-corrected chi connectivity index (χ1v) is 9.26. The van der Waals surface area contributed by atoms with E-state index in [1.807, 2.05) is 12.1 Å². The molecule has 1 unspecified atom stereocenters. The quantitative estimate of drug-likeness (QED) is 0.508. The van der Waals surface area contributed by atoms with Crippen LogP contribution in [0.25, 0.3) is 5.57 Å². The molecule has 0 aliphatic heterocycles. The summed E-state index contributed by atoms with van der Waals surface area (Å²) in [7, 11) is 0. The van der Waals surface area contributed by atoms with E-state index in [1.54, 1.807) is 11.1 Å². The smallest absolute Gasteiger partial charge is 0.0406 e. The molecule has 1 atom stereocenters. The number of hydrogen-bond donors (Lipinski definition) is 0. The fraction of sp³-hybridized carbons (Fsp3) is 0.619. The van der Waals surface area contributed by atoms with Gasteiger partial charge < -0.3 is 0 Å². The minimum Gasteiger partial charge on any atom is -0.0843 e. The van der Waals surface area contributed by atoms with Crippen LogP contribution < -0.4 is 0 Å². The summed E-state index contributed by atoms with van der Waals surface area (Å²) in [4.78, 5) is 0. The number of benzene rings is 1. The van der Waals surface area contributed by atoms with Gasteiger partial charge in [-0.05, 0) is 60.3 Å². The summed E-state index contributed by atoms with van der Waals surface area (Å²) in [6.07, 6.45) is 9.08. The normalized spacial score (nSPS) is 19.3. The molecular weight excluding hydrogens is 288 g/mol. The molecule has 0 saturated carbocycles. The van der Waals surface area contributed by atoms with Crippen LogP contribution in [0.2, 0.25) is 5.02 Å². The monoisotopic (exact) mass is 318 g/mol. The molecule has 122 valence electrons. The summed E-state index contributed by atoms with van der Waals surface area (Å²) in [5, 5.41) is 0.831. The lowest BCUT2D eigenvalue weighted by Gasteiger charge is -2.34. The van der Waals surface area contributed by atoms with Gasteiger partial charge in [0.15, 0.2) is 0 Å². The van der Waals surface area contributed by atoms with E-state index in [2.05, 4.69) is 39.8 Å². The Morgan fingerprint density at radius 3 is 2.50 bits per heavy atom. The van der Waals surface area contributed by atoms with Crippen molar-refractivity contribution in [1.82, 2.24) is 0 Å². The van der Waals surface area contributed by atoms with E-state index in [4.69, 9.17) is 11.6 Å². The lowest BCUT2D eigenvalue weighted by atomic mass is 9.71. The molecule has 1 aliphatic rings. The van der Waals surface area contributed by atoms with Crippen LogP contribution in [0.1, 0.15) is 78.2 Å². The summed E-state index contributed by atoms with van der Waals surface area (Å²) >= 11 is 6.07. The van der Waals surface area contributed by atoms with E-state index in [-0.39, 0.29) is 0 Å². The number of allylic oxidation sites excluding steroid dienone is 2. The molecule has 0 radical (unpaired) electrons. The van der Waals surface area contributed by atoms with Gasteiger partial charge in [-0.3, -0.25) is 0 Å². The van der Waals surface area contributed by atoms with Crippen LogP contribution in [0.3, 0.4) is 0 Å². The van der Waals surface area contributed by atoms with E-state index < -0.39 is 0 Å². The molecule has 1 aliphatic carbocycles. The standard InChI is InChI=1S/C21H31Cl/c1-5-6-7-16(2)14-18-12-13-21(3,4)15-20(18)17-8-10-19(22)11-9-17/h8-11,16H,5-7,12-15H2,1-4H3. The highest BCUT2D eigenvalue weighted by atomic mass is 35.5. The summed E-state index contributed by atoms with van der Waals surface area (Å²) < 4.78 is 0. The maximum atomic E-state index is 6.07. The third-order valence-corrected chi connectivity index (χ3v) is 5.28. The highest BCUT2D eigenvalue weighted by Gasteiger charge is 2.28. The predicted octanol–water partition coefficient (Wildman–Crippen LogP) is 7.52. The molecule has 0 nitrogen and oxygen atoms in total. The molecule has 1 heteroatoms. The van der Waals surface area contributed by atoms with Crippen LogP contribution in [-0.2, 0) is 0 Å². The minimum absolute atomic E-state index is 0.422. The predicted molar refractivity (Wildman–Crippen MR) is 99.3 cm³/mol. The number of rotatable bonds is 6. The lowest BCUT2D eigenvalue weighted by Crippen LogP contribution is -2.19. The molecule has 1 aromatic carbocycles. The molecule has 0 heterocycles. The fourth-order valence-corrected chi connectivity index (χ4v) is 3.72. The van der Waals surface area contributed by atoms with Crippen molar-refractivity contribution in [2.24, 2.45) is 11.3 Å². The van der Waals surface area contributed by atoms with E-state index in [1.165, 1.54) is 50.5 Å². The second-order valence-corrected chi connectivity index (χ2v) is 8.32. The van der Waals surface area contributed by atoms with Crippen molar-refractivity contribution in [3.8, 4) is 0 Å². The van der Waals surface area contributed by atoms with Crippen molar-refractivity contribution in [2.45, 2.75) is 72.6 Å². The van der Waals surface area contributed by atoms with Crippen LogP contribution in [0.15, 0.2) is 29.8 Å². The summed E-state index contributed by atoms with van der Waals surface area (Å²) in [5.74, 6) is 0.804. The SMILES string of the molecule is CCCCC(C)CC1=C(c2ccc(Cl)cc2)CC(C)(C)CC1. The molecule has 0 saturated heterocycles. The van der Waals surface area contributed by atoms with Gasteiger partial charge in [-0.15, -0.1) is 0 Å². The van der Waals surface area contributed by atoms with Crippen molar-refractivity contribution < 1.29 is 0 Å². The highest BCUT2D eigenvalue weighted by molar-refractivity contribution is 6.30. The highest BCUT2D eigenvalue weighted by Crippen LogP contribution is 2.45. The van der Waals surface area contributed by atoms with Gasteiger partial charge in [-0.1, -0.05) is 76.3 Å². The van der Waals surface area contributed by atoms with E-state index in [9.17, 15) is 0 Å². The molecule has 0 aromatic heterocycles. The number of hydrogen-bond acceptors (Lipinski definition) is 0. The third-order valence-electron chi connectivity index (χ3n) is 5.02. The van der Waals surface area contributed by atoms with Crippen LogP contribution in [-0.4, -0.2) is 0 Å². The van der Waals surface area contributed by atoms with Gasteiger partial charge in [0.2, 0.25) is 0 Å². The molecule has 0 fully saturated rings. The van der Waals surface area contributed by atoms with Gasteiger partial charge in [-0.2, -0.15) is 0 Å². The number of unbranched alkanes of at least 4 members (excludes halogenated alkanes) is 1. The minimum atomic E-state index is 0.422. The Morgan fingerprint density at radius 1 is 1.18 bits per heavy atom. The summed E-state index contributed by atoms with van der Waals surface area (Å²) in [5.41, 5.74) is 5.10. The Hall–Kier alpha value is -0.750. The van der Waals surface area contributed by atoms with Gasteiger partial charge in [0, 0.05) is 5.02 Å². The molecule has 22 heavy (non-hydrogen) atoms. The van der Waals surface area contributed by atoms with Gasteiger partial charge in [0.1, 0.15) is 0 Å². The van der Waals surface area contributed by atoms with Crippen LogP contribution >= 0.6 is 11.6 Å². The Morgan fingerprint density at radius 2 is 1.86 bits per heavy atom. The van der Waals surface area contributed by atoms with Crippen molar-refractivity contribution >= 4 is 17.2 Å². The Bertz CT molecular complexity index is 507. The fourth-order valence-electron chi connectivity index (χ4n) is 3.59. The molecule has 2 rings (SSSR count). The van der Waals surface area contributed by atoms with Crippen LogP contribution in [0.4, 0.5) is 0 Å². The molecule has 0 bridgehead atoms. The van der Waals surface area contributed by atoms with Crippen LogP contribution in [0, 0.1) is 11.3 Å². The maximum absolute atomic E-state index is 6.07. The second kappa shape index (κ2) is 7.68.